The van der Waals surface area contributed by atoms with Crippen LogP contribution < -0.4 is 5.73 Å². The van der Waals surface area contributed by atoms with Gasteiger partial charge in [-0.3, -0.25) is 4.79 Å². The summed E-state index contributed by atoms with van der Waals surface area (Å²) < 4.78 is 0. The number of halogens is 1. The number of anilines is 1. The summed E-state index contributed by atoms with van der Waals surface area (Å²) in [5.41, 5.74) is 10.3. The predicted octanol–water partition coefficient (Wildman–Crippen LogP) is 2.50. The Balaban J connectivity index is 0.000000336. The van der Waals surface area contributed by atoms with E-state index in [9.17, 15) is 4.79 Å². The molecule has 0 aromatic heterocycles. The predicted molar refractivity (Wildman–Crippen MR) is 63.4 cm³/mol. The van der Waals surface area contributed by atoms with Crippen molar-refractivity contribution in [3.05, 3.63) is 28.8 Å². The number of carboxylic acids is 1. The first-order valence-electron chi connectivity index (χ1n) is 4.49. The van der Waals surface area contributed by atoms with Gasteiger partial charge in [-0.25, -0.2) is 0 Å². The van der Waals surface area contributed by atoms with Crippen molar-refractivity contribution in [1.29, 1.82) is 0 Å². The van der Waals surface area contributed by atoms with E-state index >= 15 is 0 Å². The number of carbonyl (C=O) groups is 1. The van der Waals surface area contributed by atoms with Crippen LogP contribution in [-0.4, -0.2) is 17.0 Å². The van der Waals surface area contributed by atoms with Crippen molar-refractivity contribution in [1.82, 2.24) is 0 Å². The van der Waals surface area contributed by atoms with E-state index in [0.717, 1.165) is 5.69 Å². The molecular weight excluding hydrogens is 214 g/mol. The minimum Gasteiger partial charge on any atom is -0.480 e. The largest absolute Gasteiger partial charge is 0.480 e. The highest BCUT2D eigenvalue weighted by Gasteiger charge is 1.95. The number of benzene rings is 1. The molecule has 1 aromatic rings. The van der Waals surface area contributed by atoms with E-state index in [4.69, 9.17) is 22.4 Å². The minimum atomic E-state index is -0.980. The van der Waals surface area contributed by atoms with Crippen LogP contribution in [0.2, 0.25) is 0 Å². The zero-order chi connectivity index (χ0) is 12.0. The fourth-order valence-corrected chi connectivity index (χ4v) is 0.983. The van der Waals surface area contributed by atoms with E-state index < -0.39 is 5.97 Å². The fourth-order valence-electron chi connectivity index (χ4n) is 0.983. The summed E-state index contributed by atoms with van der Waals surface area (Å²) in [4.78, 5) is 9.24. The van der Waals surface area contributed by atoms with Crippen molar-refractivity contribution in [3.63, 3.8) is 0 Å². The Hall–Kier alpha value is -1.22. The van der Waals surface area contributed by atoms with E-state index in [1.807, 2.05) is 13.0 Å². The van der Waals surface area contributed by atoms with Gasteiger partial charge in [-0.05, 0) is 43.5 Å². The van der Waals surface area contributed by atoms with E-state index in [1.54, 1.807) is 0 Å². The van der Waals surface area contributed by atoms with Gasteiger partial charge in [0.05, 0.1) is 0 Å². The van der Waals surface area contributed by atoms with E-state index in [0.29, 0.717) is 0 Å². The maximum absolute atomic E-state index is 9.24. The Morgan fingerprint density at radius 2 is 1.67 bits per heavy atom. The maximum Gasteiger partial charge on any atom is 0.318 e. The third-order valence-corrected chi connectivity index (χ3v) is 2.23. The van der Waals surface area contributed by atoms with Gasteiger partial charge in [0.25, 0.3) is 0 Å². The van der Waals surface area contributed by atoms with Gasteiger partial charge in [0, 0.05) is 5.69 Å². The number of nitrogens with two attached hydrogens (primary N) is 1. The molecular formula is C11H16ClNO2. The zero-order valence-corrected chi connectivity index (χ0v) is 9.93. The topological polar surface area (TPSA) is 63.3 Å². The number of aryl methyl sites for hydroxylation is 3. The molecule has 3 N–H and O–H groups in total. The van der Waals surface area contributed by atoms with Crippen LogP contribution in [0.3, 0.4) is 0 Å². The molecule has 0 saturated carbocycles. The molecule has 0 spiro atoms. The second-order valence-corrected chi connectivity index (χ2v) is 3.59. The highest BCUT2D eigenvalue weighted by Crippen LogP contribution is 2.16. The number of hydrogen-bond donors (Lipinski definition) is 2. The lowest BCUT2D eigenvalue weighted by molar-refractivity contribution is -0.134. The summed E-state index contributed by atoms with van der Waals surface area (Å²) in [5, 5.41) is 7.59. The maximum atomic E-state index is 9.24. The Bertz CT molecular complexity index is 300. The molecule has 0 heterocycles. The summed E-state index contributed by atoms with van der Waals surface area (Å²) in [6.07, 6.45) is 0. The third-order valence-electron chi connectivity index (χ3n) is 2.00. The third kappa shape index (κ3) is 5.27. The van der Waals surface area contributed by atoms with Gasteiger partial charge in [0.1, 0.15) is 5.88 Å². The van der Waals surface area contributed by atoms with Gasteiger partial charge in [-0.1, -0.05) is 6.07 Å². The number of rotatable bonds is 1. The molecule has 0 unspecified atom stereocenters. The first-order chi connectivity index (χ1) is 6.88. The quantitative estimate of drug-likeness (QED) is 0.575. The Morgan fingerprint density at radius 1 is 1.27 bits per heavy atom. The molecule has 0 radical (unpaired) electrons. The zero-order valence-electron chi connectivity index (χ0n) is 9.17. The normalized spacial score (nSPS) is 9.07. The van der Waals surface area contributed by atoms with Gasteiger partial charge in [-0.15, -0.1) is 11.6 Å². The molecule has 15 heavy (non-hydrogen) atoms. The average molecular weight is 230 g/mol. The molecule has 1 aromatic carbocycles. The number of alkyl halides is 1. The monoisotopic (exact) mass is 229 g/mol. The molecule has 0 aliphatic heterocycles. The van der Waals surface area contributed by atoms with E-state index in [1.165, 1.54) is 16.7 Å². The molecule has 0 aliphatic carbocycles. The number of nitrogen functional groups attached to an aromatic ring is 1. The van der Waals surface area contributed by atoms with Crippen LogP contribution in [0.1, 0.15) is 16.7 Å². The smallest absolute Gasteiger partial charge is 0.318 e. The highest BCUT2D eigenvalue weighted by molar-refractivity contribution is 6.26. The van der Waals surface area contributed by atoms with Crippen molar-refractivity contribution in [2.24, 2.45) is 0 Å². The van der Waals surface area contributed by atoms with Gasteiger partial charge < -0.3 is 10.8 Å². The van der Waals surface area contributed by atoms with Crippen LogP contribution in [0, 0.1) is 20.8 Å². The molecule has 0 atom stereocenters. The summed E-state index contributed by atoms with van der Waals surface area (Å²) in [6.45, 7) is 6.20. The van der Waals surface area contributed by atoms with E-state index in [2.05, 4.69) is 19.9 Å². The van der Waals surface area contributed by atoms with Crippen molar-refractivity contribution in [2.75, 3.05) is 11.6 Å². The highest BCUT2D eigenvalue weighted by atomic mass is 35.5. The van der Waals surface area contributed by atoms with Crippen molar-refractivity contribution in [3.8, 4) is 0 Å². The molecule has 1 rings (SSSR count). The molecule has 3 nitrogen and oxygen atoms in total. The van der Waals surface area contributed by atoms with Crippen molar-refractivity contribution >= 4 is 23.3 Å². The molecule has 84 valence electrons. The van der Waals surface area contributed by atoms with Gasteiger partial charge in [0.15, 0.2) is 0 Å². The van der Waals surface area contributed by atoms with Crippen LogP contribution in [0.15, 0.2) is 12.1 Å². The van der Waals surface area contributed by atoms with Gasteiger partial charge >= 0.3 is 5.97 Å². The average Bonchev–Trinajstić information content (AvgIpc) is 2.16. The fraction of sp³-hybridized carbons (Fsp3) is 0.364. The van der Waals surface area contributed by atoms with Gasteiger partial charge in [0.2, 0.25) is 0 Å². The molecule has 0 amide bonds. The molecule has 4 heteroatoms. The summed E-state index contributed by atoms with van der Waals surface area (Å²) in [6, 6.07) is 4.13. The van der Waals surface area contributed by atoms with Crippen LogP contribution in [-0.2, 0) is 4.79 Å². The molecule has 0 fully saturated rings. The summed E-state index contributed by atoms with van der Waals surface area (Å²) in [5.74, 6) is -1.29. The van der Waals surface area contributed by atoms with Crippen LogP contribution in [0.5, 0.6) is 0 Å². The lowest BCUT2D eigenvalue weighted by atomic mass is 10.1. The van der Waals surface area contributed by atoms with E-state index in [-0.39, 0.29) is 5.88 Å². The lowest BCUT2D eigenvalue weighted by Crippen LogP contribution is -1.92. The minimum absolute atomic E-state index is 0.306. The second-order valence-electron chi connectivity index (χ2n) is 3.32. The first-order valence-corrected chi connectivity index (χ1v) is 5.03. The summed E-state index contributed by atoms with van der Waals surface area (Å²) >= 11 is 4.74. The van der Waals surface area contributed by atoms with Gasteiger partial charge in [-0.2, -0.15) is 0 Å². The standard InChI is InChI=1S/C9H13N.C2H3ClO2/c1-6-4-8(3)9(10)5-7(6)2;3-1-2(4)5/h4-5H,10H2,1-3H3;1H2,(H,4,5). The SMILES string of the molecule is Cc1cc(C)c(N)cc1C.O=C(O)CCl. The summed E-state index contributed by atoms with van der Waals surface area (Å²) in [7, 11) is 0. The van der Waals surface area contributed by atoms with Crippen molar-refractivity contribution in [2.45, 2.75) is 20.8 Å². The number of carboxylic acid groups (broad SMARTS) is 1. The lowest BCUT2D eigenvalue weighted by Gasteiger charge is -2.03. The Morgan fingerprint density at radius 3 is 2.00 bits per heavy atom. The first kappa shape index (κ1) is 13.8. The Kier molecular flexibility index (Phi) is 5.79. The van der Waals surface area contributed by atoms with Crippen LogP contribution in [0.4, 0.5) is 5.69 Å². The molecule has 0 bridgehead atoms. The second kappa shape index (κ2) is 6.30. The molecule has 0 saturated heterocycles. The number of hydrogen-bond acceptors (Lipinski definition) is 2. The molecule has 0 aliphatic rings. The van der Waals surface area contributed by atoms with Crippen LogP contribution >= 0.6 is 11.6 Å². The Labute approximate surface area is 94.9 Å². The van der Waals surface area contributed by atoms with Crippen LogP contribution in [0.25, 0.3) is 0 Å². The van der Waals surface area contributed by atoms with Crippen molar-refractivity contribution < 1.29 is 9.90 Å². The number of aliphatic carboxylic acids is 1.